The Morgan fingerprint density at radius 3 is 2.84 bits per heavy atom. The second kappa shape index (κ2) is 5.48. The summed E-state index contributed by atoms with van der Waals surface area (Å²) in [5.74, 6) is -3.11. The Bertz CT molecular complexity index is 991. The fourth-order valence-electron chi connectivity index (χ4n) is 3.16. The molecule has 4 rings (SSSR count). The van der Waals surface area contributed by atoms with Crippen LogP contribution in [0.15, 0.2) is 42.6 Å². The number of imidazole rings is 1. The Morgan fingerprint density at radius 1 is 1.24 bits per heavy atom. The van der Waals surface area contributed by atoms with Crippen LogP contribution in [-0.4, -0.2) is 27.1 Å². The lowest BCUT2D eigenvalue weighted by atomic mass is 10.0. The van der Waals surface area contributed by atoms with Crippen LogP contribution in [0.1, 0.15) is 23.7 Å². The first kappa shape index (κ1) is 15.4. The van der Waals surface area contributed by atoms with Crippen molar-refractivity contribution in [3.05, 3.63) is 59.7 Å². The van der Waals surface area contributed by atoms with Gasteiger partial charge in [0, 0.05) is 6.42 Å². The fourth-order valence-corrected chi connectivity index (χ4v) is 3.16. The van der Waals surface area contributed by atoms with Crippen molar-refractivity contribution >= 4 is 11.5 Å². The summed E-state index contributed by atoms with van der Waals surface area (Å²) in [6, 6.07) is 10.1. The molecule has 1 atom stereocenters. The molecule has 8 heteroatoms. The first-order valence-corrected chi connectivity index (χ1v) is 7.62. The van der Waals surface area contributed by atoms with Crippen LogP contribution < -0.4 is 4.90 Å². The zero-order valence-corrected chi connectivity index (χ0v) is 12.9. The molecule has 0 saturated carbocycles. The summed E-state index contributed by atoms with van der Waals surface area (Å²) in [4.78, 5) is 5.48. The number of hydrogen-bond donors (Lipinski definition) is 0. The predicted molar refractivity (Wildman–Crippen MR) is 83.8 cm³/mol. The van der Waals surface area contributed by atoms with Gasteiger partial charge in [0.2, 0.25) is 0 Å². The smallest absolute Gasteiger partial charge is 0.267 e. The van der Waals surface area contributed by atoms with Crippen molar-refractivity contribution in [1.29, 1.82) is 5.26 Å². The Labute approximate surface area is 140 Å². The van der Waals surface area contributed by atoms with Crippen LogP contribution >= 0.6 is 0 Å². The molecule has 3 heterocycles. The molecule has 25 heavy (non-hydrogen) atoms. The summed E-state index contributed by atoms with van der Waals surface area (Å²) < 4.78 is 43.0. The minimum atomic E-state index is -2.92. The molecule has 5 nitrogen and oxygen atoms in total. The highest BCUT2D eigenvalue weighted by molar-refractivity contribution is 5.51. The molecule has 1 aromatic carbocycles. The Hall–Kier alpha value is -3.08. The van der Waals surface area contributed by atoms with E-state index >= 15 is 0 Å². The fraction of sp³-hybridized carbons (Fsp3) is 0.235. The van der Waals surface area contributed by atoms with Gasteiger partial charge in [-0.3, -0.25) is 0 Å². The summed E-state index contributed by atoms with van der Waals surface area (Å²) in [6.07, 6.45) is 0.944. The molecule has 0 spiro atoms. The molecule has 1 aliphatic heterocycles. The predicted octanol–water partition coefficient (Wildman–Crippen LogP) is 3.33. The SMILES string of the molecule is N#Cc1cnc2ccc(N3CC(F)(F)C[C@@H]3c3cccc(F)c3)nn12. The van der Waals surface area contributed by atoms with E-state index in [0.717, 1.165) is 0 Å². The first-order chi connectivity index (χ1) is 12.0. The van der Waals surface area contributed by atoms with Gasteiger partial charge in [-0.1, -0.05) is 12.1 Å². The van der Waals surface area contributed by atoms with Gasteiger partial charge in [0.15, 0.2) is 11.3 Å². The van der Waals surface area contributed by atoms with E-state index < -0.39 is 30.7 Å². The minimum absolute atomic E-state index is 0.213. The van der Waals surface area contributed by atoms with Gasteiger partial charge >= 0.3 is 0 Å². The average molecular weight is 343 g/mol. The highest BCUT2D eigenvalue weighted by atomic mass is 19.3. The van der Waals surface area contributed by atoms with Crippen molar-refractivity contribution in [2.75, 3.05) is 11.4 Å². The van der Waals surface area contributed by atoms with Crippen LogP contribution in [0.5, 0.6) is 0 Å². The van der Waals surface area contributed by atoms with E-state index in [0.29, 0.717) is 11.2 Å². The molecular weight excluding hydrogens is 331 g/mol. The third-order valence-corrected chi connectivity index (χ3v) is 4.26. The number of nitrogens with zero attached hydrogens (tertiary/aromatic N) is 5. The molecule has 0 amide bonds. The number of hydrogen-bond acceptors (Lipinski definition) is 4. The van der Waals surface area contributed by atoms with Gasteiger partial charge in [-0.25, -0.2) is 22.7 Å². The van der Waals surface area contributed by atoms with Crippen molar-refractivity contribution in [1.82, 2.24) is 14.6 Å². The summed E-state index contributed by atoms with van der Waals surface area (Å²) in [5.41, 5.74) is 1.13. The quantitative estimate of drug-likeness (QED) is 0.716. The number of anilines is 1. The van der Waals surface area contributed by atoms with Gasteiger partial charge in [0.05, 0.1) is 18.8 Å². The third kappa shape index (κ3) is 2.67. The lowest BCUT2D eigenvalue weighted by Gasteiger charge is -2.25. The maximum atomic E-state index is 14.1. The summed E-state index contributed by atoms with van der Waals surface area (Å²) in [7, 11) is 0. The van der Waals surface area contributed by atoms with E-state index in [1.807, 2.05) is 6.07 Å². The van der Waals surface area contributed by atoms with Gasteiger partial charge in [-0.2, -0.15) is 5.26 Å². The van der Waals surface area contributed by atoms with E-state index in [9.17, 15) is 13.2 Å². The summed E-state index contributed by atoms with van der Waals surface area (Å²) in [6.45, 7) is -0.525. The molecule has 0 N–H and O–H groups in total. The molecule has 1 fully saturated rings. The highest BCUT2D eigenvalue weighted by Crippen LogP contribution is 2.43. The van der Waals surface area contributed by atoms with E-state index in [1.165, 1.54) is 33.8 Å². The zero-order valence-electron chi connectivity index (χ0n) is 12.9. The Kier molecular flexibility index (Phi) is 3.39. The maximum Gasteiger partial charge on any atom is 0.267 e. The van der Waals surface area contributed by atoms with Crippen molar-refractivity contribution < 1.29 is 13.2 Å². The van der Waals surface area contributed by atoms with Crippen LogP contribution in [0.4, 0.5) is 19.0 Å². The molecule has 3 aromatic rings. The largest absolute Gasteiger partial charge is 0.342 e. The lowest BCUT2D eigenvalue weighted by molar-refractivity contribution is 0.0222. The first-order valence-electron chi connectivity index (χ1n) is 7.62. The van der Waals surface area contributed by atoms with Crippen LogP contribution in [0.3, 0.4) is 0 Å². The van der Waals surface area contributed by atoms with Crippen molar-refractivity contribution in [3.8, 4) is 6.07 Å². The molecule has 2 aromatic heterocycles. The zero-order chi connectivity index (χ0) is 17.6. The van der Waals surface area contributed by atoms with Crippen LogP contribution in [0, 0.1) is 17.1 Å². The number of alkyl halides is 2. The number of benzene rings is 1. The Morgan fingerprint density at radius 2 is 2.08 bits per heavy atom. The second-order valence-corrected chi connectivity index (χ2v) is 5.98. The van der Waals surface area contributed by atoms with E-state index in [2.05, 4.69) is 10.1 Å². The molecule has 0 unspecified atom stereocenters. The molecule has 0 radical (unpaired) electrons. The number of fused-ring (bicyclic) bond motifs is 1. The van der Waals surface area contributed by atoms with Crippen molar-refractivity contribution in [2.45, 2.75) is 18.4 Å². The van der Waals surface area contributed by atoms with E-state index in [1.54, 1.807) is 18.2 Å². The number of nitriles is 1. The average Bonchev–Trinajstić information content (AvgIpc) is 3.14. The summed E-state index contributed by atoms with van der Waals surface area (Å²) >= 11 is 0. The van der Waals surface area contributed by atoms with Gasteiger partial charge in [-0.15, -0.1) is 5.10 Å². The van der Waals surface area contributed by atoms with Crippen molar-refractivity contribution in [2.24, 2.45) is 0 Å². The second-order valence-electron chi connectivity index (χ2n) is 5.98. The minimum Gasteiger partial charge on any atom is -0.342 e. The molecule has 126 valence electrons. The molecule has 1 aliphatic rings. The lowest BCUT2D eigenvalue weighted by Crippen LogP contribution is -2.27. The number of halogens is 3. The normalized spacial score (nSPS) is 19.3. The van der Waals surface area contributed by atoms with Crippen molar-refractivity contribution in [3.63, 3.8) is 0 Å². The maximum absolute atomic E-state index is 14.1. The molecule has 1 saturated heterocycles. The monoisotopic (exact) mass is 343 g/mol. The van der Waals surface area contributed by atoms with E-state index in [4.69, 9.17) is 5.26 Å². The highest BCUT2D eigenvalue weighted by Gasteiger charge is 2.46. The topological polar surface area (TPSA) is 57.2 Å². The van der Waals surface area contributed by atoms with Crippen LogP contribution in [0.2, 0.25) is 0 Å². The standard InChI is InChI=1S/C17H12F3N5/c18-12-3-1-2-11(6-12)14-7-17(19,20)10-24(14)16-5-4-15-22-9-13(8-21)25(15)23-16/h1-6,9,14H,7,10H2/t14-/m1/s1. The molecule has 0 aliphatic carbocycles. The van der Waals surface area contributed by atoms with Crippen LogP contribution in [0.25, 0.3) is 5.65 Å². The van der Waals surface area contributed by atoms with Gasteiger partial charge in [-0.05, 0) is 29.8 Å². The number of aromatic nitrogens is 3. The van der Waals surface area contributed by atoms with Gasteiger partial charge in [0.1, 0.15) is 17.7 Å². The van der Waals surface area contributed by atoms with E-state index in [-0.39, 0.29) is 11.5 Å². The number of rotatable bonds is 2. The molecular formula is C17H12F3N5. The third-order valence-electron chi connectivity index (χ3n) is 4.26. The van der Waals surface area contributed by atoms with Gasteiger partial charge in [0.25, 0.3) is 5.92 Å². The van der Waals surface area contributed by atoms with Crippen LogP contribution in [-0.2, 0) is 0 Å². The Balaban J connectivity index is 1.80. The molecule has 0 bridgehead atoms. The summed E-state index contributed by atoms with van der Waals surface area (Å²) in [5, 5.41) is 13.4. The van der Waals surface area contributed by atoms with Gasteiger partial charge < -0.3 is 4.90 Å².